The highest BCUT2D eigenvalue weighted by Gasteiger charge is 2.17. The second kappa shape index (κ2) is 6.59. The summed E-state index contributed by atoms with van der Waals surface area (Å²) in [5.74, 6) is 0. The van der Waals surface area contributed by atoms with Gasteiger partial charge in [0.05, 0.1) is 11.9 Å². The molecule has 0 bridgehead atoms. The van der Waals surface area contributed by atoms with Gasteiger partial charge in [0, 0.05) is 23.8 Å². The highest BCUT2D eigenvalue weighted by atomic mass is 79.9. The van der Waals surface area contributed by atoms with Crippen molar-refractivity contribution >= 4 is 31.6 Å². The number of rotatable bonds is 6. The molecule has 6 nitrogen and oxygen atoms in total. The average molecular weight is 374 g/mol. The molecule has 2 aromatic rings. The highest BCUT2D eigenvalue weighted by Crippen LogP contribution is 2.25. The van der Waals surface area contributed by atoms with Crippen molar-refractivity contribution in [3.8, 4) is 0 Å². The number of nitrogens with zero attached hydrogens (tertiary/aromatic N) is 2. The van der Waals surface area contributed by atoms with Crippen molar-refractivity contribution in [1.29, 1.82) is 0 Å². The van der Waals surface area contributed by atoms with Gasteiger partial charge in [-0.25, -0.2) is 8.42 Å². The van der Waals surface area contributed by atoms with Crippen LogP contribution in [0.4, 0.5) is 5.69 Å². The topological polar surface area (TPSA) is 84.2 Å². The quantitative estimate of drug-likeness (QED) is 0.812. The van der Waals surface area contributed by atoms with E-state index in [1.807, 2.05) is 19.1 Å². The predicted molar refractivity (Wildman–Crippen MR) is 83.6 cm³/mol. The smallest absolute Gasteiger partial charge is 0.265 e. The fourth-order valence-corrected chi connectivity index (χ4v) is 3.50. The summed E-state index contributed by atoms with van der Waals surface area (Å²) in [6.45, 7) is 2.44. The summed E-state index contributed by atoms with van der Waals surface area (Å²) >= 11 is 3.34. The molecule has 21 heavy (non-hydrogen) atoms. The predicted octanol–water partition coefficient (Wildman–Crippen LogP) is 2.14. The monoisotopic (exact) mass is 373 g/mol. The Morgan fingerprint density at radius 2 is 2.19 bits per heavy atom. The van der Waals surface area contributed by atoms with E-state index in [0.29, 0.717) is 23.1 Å². The minimum Gasteiger partial charge on any atom is -0.396 e. The number of aliphatic hydroxyl groups excluding tert-OH is 1. The standard InChI is InChI=1S/C13H16BrN3O3S/c1-10-3-4-13(12(14)7-10)16-21(19,20)11-8-15-17(9-11)5-2-6-18/h3-4,7-9,16,18H,2,5-6H2,1H3. The van der Waals surface area contributed by atoms with E-state index in [9.17, 15) is 8.42 Å². The Hall–Kier alpha value is -1.38. The van der Waals surface area contributed by atoms with Crippen LogP contribution in [-0.4, -0.2) is 29.9 Å². The first kappa shape index (κ1) is 16.0. The van der Waals surface area contributed by atoms with Gasteiger partial charge in [-0.2, -0.15) is 5.10 Å². The lowest BCUT2D eigenvalue weighted by molar-refractivity contribution is 0.277. The van der Waals surface area contributed by atoms with Gasteiger partial charge in [-0.05, 0) is 47.0 Å². The van der Waals surface area contributed by atoms with Gasteiger partial charge in [0.25, 0.3) is 10.0 Å². The molecule has 2 N–H and O–H groups in total. The van der Waals surface area contributed by atoms with E-state index in [2.05, 4.69) is 25.8 Å². The molecular formula is C13H16BrN3O3S. The minimum absolute atomic E-state index is 0.0382. The SMILES string of the molecule is Cc1ccc(NS(=O)(=O)c2cnn(CCCO)c2)c(Br)c1. The van der Waals surface area contributed by atoms with Crippen molar-refractivity contribution in [3.05, 3.63) is 40.6 Å². The molecule has 0 aliphatic heterocycles. The Kier molecular flexibility index (Phi) is 5.02. The summed E-state index contributed by atoms with van der Waals surface area (Å²) in [6.07, 6.45) is 3.26. The maximum atomic E-state index is 12.3. The lowest BCUT2D eigenvalue weighted by Crippen LogP contribution is -2.12. The fraction of sp³-hybridized carbons (Fsp3) is 0.308. The number of hydrogen-bond acceptors (Lipinski definition) is 4. The molecule has 0 atom stereocenters. The molecule has 0 amide bonds. The van der Waals surface area contributed by atoms with Crippen LogP contribution in [0.3, 0.4) is 0 Å². The number of nitrogens with one attached hydrogen (secondary N) is 1. The number of hydrogen-bond donors (Lipinski definition) is 2. The lowest BCUT2D eigenvalue weighted by atomic mass is 10.2. The molecule has 8 heteroatoms. The summed E-state index contributed by atoms with van der Waals surface area (Å²) in [4.78, 5) is 0.0907. The average Bonchev–Trinajstić information content (AvgIpc) is 2.89. The van der Waals surface area contributed by atoms with E-state index >= 15 is 0 Å². The number of aryl methyl sites for hydroxylation is 2. The third kappa shape index (κ3) is 4.05. The summed E-state index contributed by atoms with van der Waals surface area (Å²) < 4.78 is 29.3. The van der Waals surface area contributed by atoms with E-state index in [4.69, 9.17) is 5.11 Å². The maximum absolute atomic E-state index is 12.3. The van der Waals surface area contributed by atoms with E-state index in [1.165, 1.54) is 17.1 Å². The van der Waals surface area contributed by atoms with Crippen LogP contribution < -0.4 is 4.72 Å². The molecule has 0 saturated carbocycles. The summed E-state index contributed by atoms with van der Waals surface area (Å²) in [5.41, 5.74) is 1.50. The Balaban J connectivity index is 2.19. The van der Waals surface area contributed by atoms with Crippen LogP contribution in [0.5, 0.6) is 0 Å². The molecule has 1 aromatic carbocycles. The van der Waals surface area contributed by atoms with Crippen molar-refractivity contribution in [2.75, 3.05) is 11.3 Å². The molecule has 2 rings (SSSR count). The van der Waals surface area contributed by atoms with Gasteiger partial charge in [-0.3, -0.25) is 9.40 Å². The van der Waals surface area contributed by atoms with Crippen molar-refractivity contribution in [1.82, 2.24) is 9.78 Å². The zero-order valence-corrected chi connectivity index (χ0v) is 13.9. The van der Waals surface area contributed by atoms with Crippen LogP contribution in [-0.2, 0) is 16.6 Å². The van der Waals surface area contributed by atoms with Gasteiger partial charge in [0.1, 0.15) is 4.90 Å². The van der Waals surface area contributed by atoms with E-state index in [-0.39, 0.29) is 11.5 Å². The van der Waals surface area contributed by atoms with Crippen LogP contribution in [0.1, 0.15) is 12.0 Å². The van der Waals surface area contributed by atoms with Crippen molar-refractivity contribution < 1.29 is 13.5 Å². The van der Waals surface area contributed by atoms with Crippen LogP contribution in [0.2, 0.25) is 0 Å². The molecule has 0 aliphatic carbocycles. The zero-order chi connectivity index (χ0) is 15.5. The second-order valence-electron chi connectivity index (χ2n) is 4.61. The molecule has 0 unspecified atom stereocenters. The van der Waals surface area contributed by atoms with Crippen molar-refractivity contribution in [3.63, 3.8) is 0 Å². The molecule has 1 heterocycles. The molecule has 114 valence electrons. The van der Waals surface area contributed by atoms with Crippen LogP contribution in [0.25, 0.3) is 0 Å². The van der Waals surface area contributed by atoms with Gasteiger partial charge in [0.2, 0.25) is 0 Å². The molecular weight excluding hydrogens is 358 g/mol. The first-order valence-electron chi connectivity index (χ1n) is 6.34. The van der Waals surface area contributed by atoms with Gasteiger partial charge in [-0.1, -0.05) is 6.07 Å². The number of halogens is 1. The van der Waals surface area contributed by atoms with Gasteiger partial charge in [-0.15, -0.1) is 0 Å². The Bertz CT molecular complexity index is 728. The number of anilines is 1. The van der Waals surface area contributed by atoms with Gasteiger partial charge in [0.15, 0.2) is 0 Å². The van der Waals surface area contributed by atoms with Crippen LogP contribution in [0, 0.1) is 6.92 Å². The van der Waals surface area contributed by atoms with Crippen LogP contribution >= 0.6 is 15.9 Å². The van der Waals surface area contributed by atoms with E-state index in [1.54, 1.807) is 6.07 Å². The zero-order valence-electron chi connectivity index (χ0n) is 11.5. The number of benzene rings is 1. The number of aliphatic hydroxyl groups is 1. The van der Waals surface area contributed by atoms with Gasteiger partial charge >= 0.3 is 0 Å². The van der Waals surface area contributed by atoms with Crippen molar-refractivity contribution in [2.45, 2.75) is 24.8 Å². The largest absolute Gasteiger partial charge is 0.396 e. The number of aromatic nitrogens is 2. The summed E-state index contributed by atoms with van der Waals surface area (Å²) in [6, 6.07) is 5.36. The highest BCUT2D eigenvalue weighted by molar-refractivity contribution is 9.10. The third-order valence-corrected chi connectivity index (χ3v) is 4.81. The molecule has 0 saturated heterocycles. The molecule has 0 spiro atoms. The van der Waals surface area contributed by atoms with Crippen molar-refractivity contribution in [2.24, 2.45) is 0 Å². The first-order chi connectivity index (χ1) is 9.92. The Labute approximate surface area is 132 Å². The first-order valence-corrected chi connectivity index (χ1v) is 8.62. The molecule has 0 aliphatic rings. The summed E-state index contributed by atoms with van der Waals surface area (Å²) in [7, 11) is -3.68. The molecule has 0 radical (unpaired) electrons. The minimum atomic E-state index is -3.68. The Morgan fingerprint density at radius 3 is 2.86 bits per heavy atom. The number of sulfonamides is 1. The lowest BCUT2D eigenvalue weighted by Gasteiger charge is -2.08. The summed E-state index contributed by atoms with van der Waals surface area (Å²) in [5, 5.41) is 12.7. The Morgan fingerprint density at radius 1 is 1.43 bits per heavy atom. The third-order valence-electron chi connectivity index (χ3n) is 2.83. The molecule has 0 fully saturated rings. The van der Waals surface area contributed by atoms with Gasteiger partial charge < -0.3 is 5.11 Å². The van der Waals surface area contributed by atoms with Crippen LogP contribution in [0.15, 0.2) is 40.0 Å². The molecule has 1 aromatic heterocycles. The van der Waals surface area contributed by atoms with E-state index < -0.39 is 10.0 Å². The second-order valence-corrected chi connectivity index (χ2v) is 7.14. The normalized spacial score (nSPS) is 11.6. The van der Waals surface area contributed by atoms with E-state index in [0.717, 1.165) is 5.56 Å². The fourth-order valence-electron chi connectivity index (χ4n) is 1.74. The maximum Gasteiger partial charge on any atom is 0.265 e.